The van der Waals surface area contributed by atoms with Gasteiger partial charge in [-0.3, -0.25) is 14.3 Å². The molecule has 1 aliphatic rings. The Morgan fingerprint density at radius 3 is 2.68 bits per heavy atom. The highest BCUT2D eigenvalue weighted by Gasteiger charge is 2.25. The summed E-state index contributed by atoms with van der Waals surface area (Å²) in [5.41, 5.74) is 2.46. The van der Waals surface area contributed by atoms with E-state index in [-0.39, 0.29) is 0 Å². The molecule has 0 radical (unpaired) electrons. The van der Waals surface area contributed by atoms with Crippen LogP contribution in [-0.4, -0.2) is 58.4 Å². The van der Waals surface area contributed by atoms with Crippen molar-refractivity contribution in [2.24, 2.45) is 4.99 Å². The number of rotatable bonds is 5. The average Bonchev–Trinajstić information content (AvgIpc) is 3.33. The lowest BCUT2D eigenvalue weighted by Crippen LogP contribution is -2.52. The fourth-order valence-corrected chi connectivity index (χ4v) is 4.71. The van der Waals surface area contributed by atoms with Crippen molar-refractivity contribution in [3.05, 3.63) is 59.4 Å². The highest BCUT2D eigenvalue weighted by Crippen LogP contribution is 2.25. The minimum atomic E-state index is 0.497. The Bertz CT molecular complexity index is 879. The average molecular weight is 397 g/mol. The number of nitrogens with one attached hydrogen (secondary N) is 1. The van der Waals surface area contributed by atoms with Crippen molar-refractivity contribution in [3.8, 4) is 0 Å². The Balaban J connectivity index is 1.33. The van der Waals surface area contributed by atoms with E-state index in [2.05, 4.69) is 78.3 Å². The lowest BCUT2D eigenvalue weighted by molar-refractivity contribution is 0.127. The zero-order valence-corrected chi connectivity index (χ0v) is 17.4. The number of benzene rings is 1. The normalized spacial score (nSPS) is 17.2. The summed E-state index contributed by atoms with van der Waals surface area (Å²) in [6, 6.07) is 11.4. The van der Waals surface area contributed by atoms with Gasteiger partial charge in [-0.15, -0.1) is 11.3 Å². The summed E-state index contributed by atoms with van der Waals surface area (Å²) in [4.78, 5) is 15.1. The number of fused-ring (bicyclic) bond motifs is 1. The van der Waals surface area contributed by atoms with Crippen LogP contribution in [0.2, 0.25) is 0 Å². The summed E-state index contributed by atoms with van der Waals surface area (Å²) >= 11 is 1.66. The number of imidazole rings is 1. The second kappa shape index (κ2) is 8.75. The molecule has 0 saturated carbocycles. The summed E-state index contributed by atoms with van der Waals surface area (Å²) in [7, 11) is 1.86. The zero-order chi connectivity index (χ0) is 19.3. The number of thiazole rings is 1. The predicted octanol–water partition coefficient (Wildman–Crippen LogP) is 3.24. The summed E-state index contributed by atoms with van der Waals surface area (Å²) in [5.74, 6) is 0.962. The molecule has 1 fully saturated rings. The molecule has 1 aromatic carbocycles. The van der Waals surface area contributed by atoms with Gasteiger partial charge in [0.25, 0.3) is 0 Å². The molecule has 1 atom stereocenters. The smallest absolute Gasteiger partial charge is 0.194 e. The molecule has 0 bridgehead atoms. The van der Waals surface area contributed by atoms with Crippen molar-refractivity contribution in [1.82, 2.24) is 24.5 Å². The van der Waals surface area contributed by atoms with Crippen molar-refractivity contribution in [2.75, 3.05) is 33.2 Å². The lowest BCUT2D eigenvalue weighted by atomic mass is 10.0. The number of aliphatic imine (C=N–C) groups is 1. The Labute approximate surface area is 170 Å². The van der Waals surface area contributed by atoms with Crippen molar-refractivity contribution >= 4 is 22.3 Å². The van der Waals surface area contributed by atoms with Crippen molar-refractivity contribution in [3.63, 3.8) is 0 Å². The summed E-state index contributed by atoms with van der Waals surface area (Å²) in [6.45, 7) is 7.05. The molecule has 2 aromatic heterocycles. The fraction of sp³-hybridized carbons (Fsp3) is 0.429. The van der Waals surface area contributed by atoms with Crippen LogP contribution in [0.15, 0.2) is 53.1 Å². The molecule has 3 heterocycles. The molecule has 0 amide bonds. The Morgan fingerprint density at radius 2 is 2.00 bits per heavy atom. The van der Waals surface area contributed by atoms with Gasteiger partial charge in [0.05, 0.1) is 12.2 Å². The van der Waals surface area contributed by atoms with Gasteiger partial charge in [-0.2, -0.15) is 0 Å². The third-order valence-electron chi connectivity index (χ3n) is 5.41. The Morgan fingerprint density at radius 1 is 1.21 bits per heavy atom. The van der Waals surface area contributed by atoms with E-state index in [0.29, 0.717) is 12.6 Å². The molecular weight excluding hydrogens is 368 g/mol. The predicted molar refractivity (Wildman–Crippen MR) is 116 cm³/mol. The number of piperazine rings is 1. The van der Waals surface area contributed by atoms with E-state index < -0.39 is 0 Å². The summed E-state index contributed by atoms with van der Waals surface area (Å²) < 4.78 is 2.07. The first-order chi connectivity index (χ1) is 13.8. The van der Waals surface area contributed by atoms with Crippen LogP contribution in [0.4, 0.5) is 0 Å². The third kappa shape index (κ3) is 4.05. The molecular formula is C21H28N6S. The SMILES string of the molecule is CCC(c1ccccc1)N1CCN(C(=NC)NCc2cn3ccsc3n2)CC1. The standard InChI is InChI=1S/C21H28N6S/c1-3-19(17-7-5-4-6-8-17)25-9-11-26(12-10-25)20(22-2)23-15-18-16-27-13-14-28-21(27)24-18/h4-8,13-14,16,19H,3,9-12,15H2,1-2H3,(H,22,23). The lowest BCUT2D eigenvalue weighted by Gasteiger charge is -2.40. The van der Waals surface area contributed by atoms with E-state index in [1.807, 2.05) is 13.2 Å². The first-order valence-electron chi connectivity index (χ1n) is 9.94. The number of nitrogens with zero attached hydrogens (tertiary/aromatic N) is 5. The second-order valence-corrected chi connectivity index (χ2v) is 7.96. The summed E-state index contributed by atoms with van der Waals surface area (Å²) in [6.07, 6.45) is 5.26. The van der Waals surface area contributed by atoms with Gasteiger partial charge in [-0.1, -0.05) is 37.3 Å². The maximum atomic E-state index is 4.64. The Hall–Kier alpha value is -2.38. The van der Waals surface area contributed by atoms with Crippen LogP contribution >= 0.6 is 11.3 Å². The molecule has 0 aliphatic carbocycles. The van der Waals surface area contributed by atoms with Crippen LogP contribution in [0, 0.1) is 0 Å². The van der Waals surface area contributed by atoms with Crippen LogP contribution < -0.4 is 5.32 Å². The quantitative estimate of drug-likeness (QED) is 0.531. The number of guanidine groups is 1. The van der Waals surface area contributed by atoms with Crippen LogP contribution in [0.3, 0.4) is 0 Å². The molecule has 7 heteroatoms. The fourth-order valence-electron chi connectivity index (χ4n) is 3.99. The maximum absolute atomic E-state index is 4.64. The van der Waals surface area contributed by atoms with Gasteiger partial charge in [0.2, 0.25) is 0 Å². The van der Waals surface area contributed by atoms with Crippen LogP contribution in [0.1, 0.15) is 30.6 Å². The van der Waals surface area contributed by atoms with Gasteiger partial charge in [-0.25, -0.2) is 4.98 Å². The topological polar surface area (TPSA) is 48.2 Å². The second-order valence-electron chi connectivity index (χ2n) is 7.08. The van der Waals surface area contributed by atoms with Crippen LogP contribution in [0.5, 0.6) is 0 Å². The molecule has 6 nitrogen and oxygen atoms in total. The summed E-state index contributed by atoms with van der Waals surface area (Å²) in [5, 5.41) is 5.53. The van der Waals surface area contributed by atoms with Crippen LogP contribution in [0.25, 0.3) is 4.96 Å². The van der Waals surface area contributed by atoms with Crippen molar-refractivity contribution in [1.29, 1.82) is 0 Å². The molecule has 28 heavy (non-hydrogen) atoms. The van der Waals surface area contributed by atoms with E-state index in [1.165, 1.54) is 5.56 Å². The van der Waals surface area contributed by atoms with Gasteiger partial charge >= 0.3 is 0 Å². The van der Waals surface area contributed by atoms with Gasteiger partial charge in [0.15, 0.2) is 10.9 Å². The molecule has 1 unspecified atom stereocenters. The highest BCUT2D eigenvalue weighted by atomic mass is 32.1. The van der Waals surface area contributed by atoms with E-state index in [4.69, 9.17) is 0 Å². The van der Waals surface area contributed by atoms with Crippen LogP contribution in [-0.2, 0) is 6.54 Å². The molecule has 148 valence electrons. The van der Waals surface area contributed by atoms with Gasteiger partial charge in [-0.05, 0) is 12.0 Å². The number of aromatic nitrogens is 2. The molecule has 1 N–H and O–H groups in total. The highest BCUT2D eigenvalue weighted by molar-refractivity contribution is 7.15. The van der Waals surface area contributed by atoms with Crippen molar-refractivity contribution < 1.29 is 0 Å². The largest absolute Gasteiger partial charge is 0.351 e. The molecule has 3 aromatic rings. The first-order valence-corrected chi connectivity index (χ1v) is 10.8. The van der Waals surface area contributed by atoms with E-state index in [1.54, 1.807) is 11.3 Å². The molecule has 1 aliphatic heterocycles. The number of hydrogen-bond acceptors (Lipinski definition) is 4. The maximum Gasteiger partial charge on any atom is 0.194 e. The van der Waals surface area contributed by atoms with E-state index in [9.17, 15) is 0 Å². The van der Waals surface area contributed by atoms with E-state index >= 15 is 0 Å². The first kappa shape index (κ1) is 19.0. The van der Waals surface area contributed by atoms with Gasteiger partial charge < -0.3 is 10.2 Å². The van der Waals surface area contributed by atoms with E-state index in [0.717, 1.165) is 49.2 Å². The zero-order valence-electron chi connectivity index (χ0n) is 16.6. The monoisotopic (exact) mass is 396 g/mol. The number of hydrogen-bond donors (Lipinski definition) is 1. The molecule has 0 spiro atoms. The molecule has 4 rings (SSSR count). The minimum absolute atomic E-state index is 0.497. The minimum Gasteiger partial charge on any atom is -0.351 e. The van der Waals surface area contributed by atoms with Gasteiger partial charge in [0.1, 0.15) is 0 Å². The van der Waals surface area contributed by atoms with Crippen molar-refractivity contribution in [2.45, 2.75) is 25.9 Å². The molecule has 1 saturated heterocycles. The Kier molecular flexibility index (Phi) is 5.92. The van der Waals surface area contributed by atoms with Gasteiger partial charge in [0, 0.05) is 57.0 Å². The third-order valence-corrected chi connectivity index (χ3v) is 6.18.